The average molecular weight is 778 g/mol. The quantitative estimate of drug-likeness (QED) is 0.131. The van der Waals surface area contributed by atoms with Gasteiger partial charge in [0, 0.05) is 16.3 Å². The Labute approximate surface area is 325 Å². The molecule has 1 heterocycles. The monoisotopic (exact) mass is 776 g/mol. The first-order valence-electron chi connectivity index (χ1n) is 17.2. The lowest BCUT2D eigenvalue weighted by molar-refractivity contribution is -0.118. The maximum atomic E-state index is 13.8. The molecule has 1 saturated heterocycles. The van der Waals surface area contributed by atoms with Crippen LogP contribution in [0.4, 0.5) is 22.7 Å². The number of carbonyl (C=O) groups excluding carboxylic acids is 2. The second-order valence-corrected chi connectivity index (χ2v) is 15.1. The van der Waals surface area contributed by atoms with Crippen LogP contribution in [-0.4, -0.2) is 37.4 Å². The molecule has 2 N–H and O–H groups in total. The minimum absolute atomic E-state index is 0.0106. The van der Waals surface area contributed by atoms with Crippen molar-refractivity contribution in [1.82, 2.24) is 5.43 Å². The van der Waals surface area contributed by atoms with Gasteiger partial charge in [-0.15, -0.1) is 0 Å². The fourth-order valence-corrected chi connectivity index (χ4v) is 6.53. The molecule has 2 amide bonds. The maximum Gasteiger partial charge on any atom is 0.280 e. The van der Waals surface area contributed by atoms with Crippen LogP contribution in [0.25, 0.3) is 0 Å². The van der Waals surface area contributed by atoms with E-state index in [0.717, 1.165) is 18.4 Å². The number of azo groups is 1. The van der Waals surface area contributed by atoms with Crippen molar-refractivity contribution in [2.24, 2.45) is 15.2 Å². The van der Waals surface area contributed by atoms with E-state index in [-0.39, 0.29) is 44.9 Å². The van der Waals surface area contributed by atoms with Crippen molar-refractivity contribution in [3.8, 4) is 11.5 Å². The minimum Gasteiger partial charge on any atom is -0.494 e. The van der Waals surface area contributed by atoms with Crippen LogP contribution in [-0.2, 0) is 20.4 Å². The third-order valence-electron chi connectivity index (χ3n) is 9.51. The molecule has 0 aromatic heterocycles. The van der Waals surface area contributed by atoms with Crippen LogP contribution in [0.1, 0.15) is 65.5 Å². The number of halogens is 3. The van der Waals surface area contributed by atoms with Crippen LogP contribution in [0.3, 0.4) is 0 Å². The van der Waals surface area contributed by atoms with Gasteiger partial charge < -0.3 is 14.8 Å². The Hall–Kier alpha value is -4.64. The van der Waals surface area contributed by atoms with Crippen LogP contribution in [0, 0.1) is 0 Å². The second kappa shape index (κ2) is 16.6. The lowest BCUT2D eigenvalue weighted by atomic mass is 9.76. The number of nitrogens with zero attached hydrogens (tertiary/aromatic N) is 4. The van der Waals surface area contributed by atoms with Gasteiger partial charge in [-0.25, -0.2) is 10.0 Å². The van der Waals surface area contributed by atoms with Crippen molar-refractivity contribution in [2.45, 2.75) is 71.3 Å². The molecule has 4 aromatic rings. The zero-order valence-electron chi connectivity index (χ0n) is 30.8. The van der Waals surface area contributed by atoms with Crippen molar-refractivity contribution < 1.29 is 19.1 Å². The Balaban J connectivity index is 1.39. The number of amidine groups is 1. The Morgan fingerprint density at radius 2 is 1.58 bits per heavy atom. The highest BCUT2D eigenvalue weighted by Crippen LogP contribution is 2.40. The normalized spacial score (nSPS) is 15.6. The summed E-state index contributed by atoms with van der Waals surface area (Å²) in [6, 6.07) is 21.9. The van der Waals surface area contributed by atoms with E-state index in [0.29, 0.717) is 33.6 Å². The van der Waals surface area contributed by atoms with E-state index in [4.69, 9.17) is 49.3 Å². The molecule has 0 spiro atoms. The highest BCUT2D eigenvalue weighted by molar-refractivity contribution is 6.43. The van der Waals surface area contributed by atoms with Gasteiger partial charge in [0.05, 0.1) is 22.8 Å². The van der Waals surface area contributed by atoms with Gasteiger partial charge in [0.25, 0.3) is 11.8 Å². The Kier molecular flexibility index (Phi) is 12.4. The van der Waals surface area contributed by atoms with Crippen LogP contribution >= 0.6 is 34.8 Å². The molecule has 0 radical (unpaired) electrons. The lowest BCUT2D eigenvalue weighted by Gasteiger charge is -2.30. The largest absolute Gasteiger partial charge is 0.494 e. The molecular formula is C40H43Cl3N6O4. The molecule has 5 rings (SSSR count). The number of hydrogen-bond donors (Lipinski definition) is 2. The number of carbonyl (C=O) groups is 2. The number of hydrazine groups is 1. The molecular weight excluding hydrogens is 735 g/mol. The molecule has 13 heteroatoms. The molecule has 53 heavy (non-hydrogen) atoms. The number of hydrogen-bond acceptors (Lipinski definition) is 7. The number of anilines is 2. The zero-order chi connectivity index (χ0) is 38.5. The first-order valence-corrected chi connectivity index (χ1v) is 18.4. The van der Waals surface area contributed by atoms with Crippen LogP contribution in [0.15, 0.2) is 94.1 Å². The molecule has 1 aliphatic heterocycles. The van der Waals surface area contributed by atoms with Gasteiger partial charge in [-0.1, -0.05) is 107 Å². The van der Waals surface area contributed by atoms with Gasteiger partial charge in [0.15, 0.2) is 12.4 Å². The van der Waals surface area contributed by atoms with Crippen LogP contribution in [0.5, 0.6) is 11.5 Å². The summed E-state index contributed by atoms with van der Waals surface area (Å²) in [5.41, 5.74) is 6.65. The number of benzene rings is 4. The fraction of sp³-hybridized carbons (Fsp3) is 0.325. The third kappa shape index (κ3) is 9.12. The summed E-state index contributed by atoms with van der Waals surface area (Å²) in [5.74, 6) is 0.418. The topological polar surface area (TPSA) is 117 Å². The third-order valence-corrected chi connectivity index (χ3v) is 10.3. The number of aliphatic imine (C=N–C) groups is 1. The standard InChI is InChI=1S/C40H43Cl3N6O4/c1-8-39(3,4)24-17-18-32(28(19-24)40(5,6)9-2)53-23-34(50)44-26-13-12-14-27(22-26)45-37-35(47-46-31-15-10-11-16-33(31)52-7)38(51)49(48-37)36-29(42)20-25(41)21-30(36)43/h10-22,35H,8-9,23H2,1-7H3,(H,44,50)(H,45,48). The summed E-state index contributed by atoms with van der Waals surface area (Å²) in [4.78, 5) is 31.7. The first-order chi connectivity index (χ1) is 25.2. The van der Waals surface area contributed by atoms with Crippen LogP contribution < -0.4 is 25.2 Å². The smallest absolute Gasteiger partial charge is 0.280 e. The number of para-hydroxylation sites is 1. The van der Waals surface area contributed by atoms with E-state index in [2.05, 4.69) is 74.6 Å². The van der Waals surface area contributed by atoms with Gasteiger partial charge in [-0.2, -0.15) is 10.2 Å². The predicted octanol–water partition coefficient (Wildman–Crippen LogP) is 10.8. The summed E-state index contributed by atoms with van der Waals surface area (Å²) >= 11 is 19.1. The van der Waals surface area contributed by atoms with Crippen LogP contribution in [0.2, 0.25) is 15.1 Å². The van der Waals surface area contributed by atoms with E-state index in [9.17, 15) is 9.59 Å². The molecule has 1 fully saturated rings. The molecule has 0 bridgehead atoms. The number of rotatable bonds is 13. The molecule has 1 atom stereocenters. The van der Waals surface area contributed by atoms with Crippen molar-refractivity contribution in [3.63, 3.8) is 0 Å². The van der Waals surface area contributed by atoms with E-state index in [1.165, 1.54) is 29.8 Å². The van der Waals surface area contributed by atoms with Gasteiger partial charge in [-0.05, 0) is 77.8 Å². The van der Waals surface area contributed by atoms with E-state index >= 15 is 0 Å². The predicted molar refractivity (Wildman–Crippen MR) is 214 cm³/mol. The van der Waals surface area contributed by atoms with Crippen molar-refractivity contribution >= 4 is 75.2 Å². The van der Waals surface area contributed by atoms with E-state index < -0.39 is 11.9 Å². The summed E-state index contributed by atoms with van der Waals surface area (Å²) in [6.07, 6.45) is 1.90. The van der Waals surface area contributed by atoms with Crippen molar-refractivity contribution in [1.29, 1.82) is 0 Å². The zero-order valence-corrected chi connectivity index (χ0v) is 33.0. The number of ether oxygens (including phenoxy) is 2. The van der Waals surface area contributed by atoms with Crippen molar-refractivity contribution in [3.05, 3.63) is 105 Å². The van der Waals surface area contributed by atoms with Gasteiger partial charge in [-0.3, -0.25) is 15.0 Å². The average Bonchev–Trinajstić information content (AvgIpc) is 3.42. The maximum absolute atomic E-state index is 13.8. The molecule has 278 valence electrons. The summed E-state index contributed by atoms with van der Waals surface area (Å²) in [7, 11) is 1.52. The minimum atomic E-state index is -1.20. The number of amides is 2. The van der Waals surface area contributed by atoms with Gasteiger partial charge in [0.1, 0.15) is 22.9 Å². The summed E-state index contributed by atoms with van der Waals surface area (Å²) in [6.45, 7) is 12.9. The molecule has 0 aliphatic carbocycles. The first kappa shape index (κ1) is 39.6. The van der Waals surface area contributed by atoms with Crippen molar-refractivity contribution in [2.75, 3.05) is 24.0 Å². The Bertz CT molecular complexity index is 2040. The molecule has 1 unspecified atom stereocenters. The summed E-state index contributed by atoms with van der Waals surface area (Å²) < 4.78 is 11.5. The number of nitrogens with one attached hydrogen (secondary N) is 2. The Morgan fingerprint density at radius 1 is 0.887 bits per heavy atom. The molecule has 0 saturated carbocycles. The van der Waals surface area contributed by atoms with Gasteiger partial charge in [0.2, 0.25) is 6.04 Å². The molecule has 1 aliphatic rings. The highest BCUT2D eigenvalue weighted by atomic mass is 35.5. The number of methoxy groups -OCH3 is 1. The highest BCUT2D eigenvalue weighted by Gasteiger charge is 2.41. The SMILES string of the molecule is CCC(C)(C)c1ccc(OCC(=O)Nc2cccc(N=C3NN(c4c(Cl)cc(Cl)cc4Cl)C(=O)C3N=Nc3ccccc3OC)c2)c(C(C)(C)CC)c1. The second-order valence-electron chi connectivity index (χ2n) is 13.9. The summed E-state index contributed by atoms with van der Waals surface area (Å²) in [5, 5.41) is 13.3. The molecule has 10 nitrogen and oxygen atoms in total. The Morgan fingerprint density at radius 3 is 2.26 bits per heavy atom. The fourth-order valence-electron chi connectivity index (χ4n) is 5.54. The van der Waals surface area contributed by atoms with Gasteiger partial charge >= 0.3 is 0 Å². The lowest BCUT2D eigenvalue weighted by Crippen LogP contribution is -2.36. The van der Waals surface area contributed by atoms with E-state index in [1.54, 1.807) is 48.5 Å². The molecule has 4 aromatic carbocycles. The van der Waals surface area contributed by atoms with E-state index in [1.807, 2.05) is 6.07 Å².